The van der Waals surface area contributed by atoms with Gasteiger partial charge >= 0.3 is 5.97 Å². The molecule has 0 aliphatic carbocycles. The average molecular weight is 382 g/mol. The average Bonchev–Trinajstić information content (AvgIpc) is 2.68. The minimum atomic E-state index is -0.457. The number of hydrogen-bond acceptors (Lipinski definition) is 5. The standard InChI is InChI=1S/C20H16ClN3O3/c1-27-20(26)17-7-2-3-8-18(17)23-16-9-13(11-22-12-16)19(25)24-15-6-4-5-14(21)10-15/h2-12,23H,1H3,(H,24,25). The number of carbonyl (C=O) groups is 2. The summed E-state index contributed by atoms with van der Waals surface area (Å²) in [5, 5.41) is 6.38. The Kier molecular flexibility index (Phi) is 5.68. The molecule has 0 spiro atoms. The zero-order valence-electron chi connectivity index (χ0n) is 14.4. The van der Waals surface area contributed by atoms with E-state index in [1.165, 1.54) is 13.3 Å². The quantitative estimate of drug-likeness (QED) is 0.635. The Bertz CT molecular complexity index is 991. The molecule has 0 aliphatic heterocycles. The van der Waals surface area contributed by atoms with Gasteiger partial charge in [0.1, 0.15) is 0 Å². The molecule has 0 saturated carbocycles. The van der Waals surface area contributed by atoms with Crippen LogP contribution < -0.4 is 10.6 Å². The van der Waals surface area contributed by atoms with Crippen LogP contribution in [-0.2, 0) is 4.74 Å². The Hall–Kier alpha value is -3.38. The van der Waals surface area contributed by atoms with Gasteiger partial charge in [0.2, 0.25) is 0 Å². The number of nitrogens with one attached hydrogen (secondary N) is 2. The van der Waals surface area contributed by atoms with E-state index in [2.05, 4.69) is 15.6 Å². The summed E-state index contributed by atoms with van der Waals surface area (Å²) in [4.78, 5) is 28.4. The molecule has 6 nitrogen and oxygen atoms in total. The Labute approximate surface area is 161 Å². The number of amides is 1. The van der Waals surface area contributed by atoms with Crippen molar-refractivity contribution in [2.45, 2.75) is 0 Å². The molecule has 0 saturated heterocycles. The number of halogens is 1. The number of nitrogens with zero attached hydrogens (tertiary/aromatic N) is 1. The van der Waals surface area contributed by atoms with E-state index in [0.29, 0.717) is 33.2 Å². The zero-order chi connectivity index (χ0) is 19.2. The molecule has 0 radical (unpaired) electrons. The lowest BCUT2D eigenvalue weighted by Crippen LogP contribution is -2.12. The van der Waals surface area contributed by atoms with Crippen LogP contribution in [0.3, 0.4) is 0 Å². The number of benzene rings is 2. The molecule has 2 aromatic carbocycles. The van der Waals surface area contributed by atoms with Gasteiger partial charge in [-0.3, -0.25) is 9.78 Å². The first-order valence-electron chi connectivity index (χ1n) is 8.03. The monoisotopic (exact) mass is 381 g/mol. The smallest absolute Gasteiger partial charge is 0.339 e. The molecule has 1 amide bonds. The van der Waals surface area contributed by atoms with Gasteiger partial charge in [-0.25, -0.2) is 4.79 Å². The molecule has 1 aromatic heterocycles. The van der Waals surface area contributed by atoms with E-state index in [4.69, 9.17) is 16.3 Å². The minimum absolute atomic E-state index is 0.324. The molecule has 27 heavy (non-hydrogen) atoms. The molecular formula is C20H16ClN3O3. The van der Waals surface area contributed by atoms with Crippen LogP contribution in [0.4, 0.5) is 17.1 Å². The van der Waals surface area contributed by atoms with E-state index < -0.39 is 5.97 Å². The SMILES string of the molecule is COC(=O)c1ccccc1Nc1cncc(C(=O)Nc2cccc(Cl)c2)c1. The van der Waals surface area contributed by atoms with Gasteiger partial charge in [-0.05, 0) is 36.4 Å². The second-order valence-corrected chi connectivity index (χ2v) is 6.03. The Balaban J connectivity index is 1.80. The van der Waals surface area contributed by atoms with Gasteiger partial charge in [-0.1, -0.05) is 29.8 Å². The molecule has 2 N–H and O–H groups in total. The van der Waals surface area contributed by atoms with E-state index in [9.17, 15) is 9.59 Å². The number of para-hydroxylation sites is 1. The van der Waals surface area contributed by atoms with Gasteiger partial charge in [-0.15, -0.1) is 0 Å². The highest BCUT2D eigenvalue weighted by Gasteiger charge is 2.12. The normalized spacial score (nSPS) is 10.1. The van der Waals surface area contributed by atoms with Crippen LogP contribution in [-0.4, -0.2) is 24.0 Å². The van der Waals surface area contributed by atoms with Crippen LogP contribution in [0.2, 0.25) is 5.02 Å². The molecule has 7 heteroatoms. The number of esters is 1. The number of anilines is 3. The maximum Gasteiger partial charge on any atom is 0.339 e. The third-order valence-electron chi connectivity index (χ3n) is 3.69. The van der Waals surface area contributed by atoms with Gasteiger partial charge in [0, 0.05) is 16.9 Å². The third kappa shape index (κ3) is 4.62. The molecule has 136 valence electrons. The van der Waals surface area contributed by atoms with E-state index in [0.717, 1.165) is 0 Å². The van der Waals surface area contributed by atoms with Gasteiger partial charge in [0.25, 0.3) is 5.91 Å². The number of aromatic nitrogens is 1. The number of rotatable bonds is 5. The highest BCUT2D eigenvalue weighted by molar-refractivity contribution is 6.31. The molecule has 0 atom stereocenters. The second-order valence-electron chi connectivity index (χ2n) is 5.59. The van der Waals surface area contributed by atoms with E-state index in [1.54, 1.807) is 60.8 Å². The Morgan fingerprint density at radius 2 is 1.81 bits per heavy atom. The van der Waals surface area contributed by atoms with Crippen LogP contribution in [0.15, 0.2) is 67.0 Å². The largest absolute Gasteiger partial charge is 0.465 e. The van der Waals surface area contributed by atoms with Crippen molar-refractivity contribution in [1.82, 2.24) is 4.98 Å². The minimum Gasteiger partial charge on any atom is -0.465 e. The first-order valence-corrected chi connectivity index (χ1v) is 8.41. The van der Waals surface area contributed by atoms with Gasteiger partial charge in [0.05, 0.1) is 35.8 Å². The summed E-state index contributed by atoms with van der Waals surface area (Å²) in [7, 11) is 1.32. The summed E-state index contributed by atoms with van der Waals surface area (Å²) < 4.78 is 4.78. The Morgan fingerprint density at radius 1 is 1.00 bits per heavy atom. The van der Waals surface area contributed by atoms with Crippen molar-refractivity contribution in [2.75, 3.05) is 17.7 Å². The molecule has 0 unspecified atom stereocenters. The van der Waals surface area contributed by atoms with Crippen molar-refractivity contribution in [3.8, 4) is 0 Å². The van der Waals surface area contributed by atoms with E-state index in [1.807, 2.05) is 0 Å². The fourth-order valence-corrected chi connectivity index (χ4v) is 2.63. The number of methoxy groups -OCH3 is 1. The molecule has 3 aromatic rings. The molecule has 1 heterocycles. The number of carbonyl (C=O) groups excluding carboxylic acids is 2. The number of pyridine rings is 1. The lowest BCUT2D eigenvalue weighted by atomic mass is 10.1. The van der Waals surface area contributed by atoms with Gasteiger partial charge in [-0.2, -0.15) is 0 Å². The van der Waals surface area contributed by atoms with Crippen molar-refractivity contribution >= 4 is 40.5 Å². The van der Waals surface area contributed by atoms with Crippen molar-refractivity contribution < 1.29 is 14.3 Å². The van der Waals surface area contributed by atoms with Crippen LogP contribution in [0, 0.1) is 0 Å². The highest BCUT2D eigenvalue weighted by Crippen LogP contribution is 2.22. The summed E-state index contributed by atoms with van der Waals surface area (Å²) in [6.45, 7) is 0. The predicted octanol–water partition coefficient (Wildman–Crippen LogP) is 4.52. The Morgan fingerprint density at radius 3 is 2.59 bits per heavy atom. The second kappa shape index (κ2) is 8.33. The number of hydrogen-bond donors (Lipinski definition) is 2. The third-order valence-corrected chi connectivity index (χ3v) is 3.93. The van der Waals surface area contributed by atoms with Gasteiger partial charge < -0.3 is 15.4 Å². The molecule has 0 aliphatic rings. The van der Waals surface area contributed by atoms with Crippen LogP contribution in [0.25, 0.3) is 0 Å². The molecule has 0 bridgehead atoms. The van der Waals surface area contributed by atoms with E-state index in [-0.39, 0.29) is 5.91 Å². The van der Waals surface area contributed by atoms with Crippen LogP contribution >= 0.6 is 11.6 Å². The van der Waals surface area contributed by atoms with Crippen molar-refractivity contribution in [3.63, 3.8) is 0 Å². The van der Waals surface area contributed by atoms with Crippen molar-refractivity contribution in [3.05, 3.63) is 83.1 Å². The summed E-state index contributed by atoms with van der Waals surface area (Å²) in [5.41, 5.74) is 2.44. The zero-order valence-corrected chi connectivity index (χ0v) is 15.2. The highest BCUT2D eigenvalue weighted by atomic mass is 35.5. The van der Waals surface area contributed by atoms with Crippen LogP contribution in [0.5, 0.6) is 0 Å². The summed E-state index contributed by atoms with van der Waals surface area (Å²) in [6, 6.07) is 15.4. The molecule has 3 rings (SSSR count). The van der Waals surface area contributed by atoms with Crippen molar-refractivity contribution in [2.24, 2.45) is 0 Å². The van der Waals surface area contributed by atoms with Gasteiger partial charge in [0.15, 0.2) is 0 Å². The van der Waals surface area contributed by atoms with Crippen LogP contribution in [0.1, 0.15) is 20.7 Å². The summed E-state index contributed by atoms with van der Waals surface area (Å²) in [5.74, 6) is -0.782. The summed E-state index contributed by atoms with van der Waals surface area (Å²) in [6.07, 6.45) is 3.02. The molecule has 0 fully saturated rings. The summed E-state index contributed by atoms with van der Waals surface area (Å²) >= 11 is 5.93. The fourth-order valence-electron chi connectivity index (χ4n) is 2.44. The maximum atomic E-state index is 12.5. The number of ether oxygens (including phenoxy) is 1. The first-order chi connectivity index (χ1) is 13.1. The van der Waals surface area contributed by atoms with Crippen molar-refractivity contribution in [1.29, 1.82) is 0 Å². The lowest BCUT2D eigenvalue weighted by molar-refractivity contribution is 0.0601. The van der Waals surface area contributed by atoms with E-state index >= 15 is 0 Å². The topological polar surface area (TPSA) is 80.3 Å². The first kappa shape index (κ1) is 18.4. The fraction of sp³-hybridized carbons (Fsp3) is 0.0500. The maximum absolute atomic E-state index is 12.5. The predicted molar refractivity (Wildman–Crippen MR) is 105 cm³/mol. The molecular weight excluding hydrogens is 366 g/mol. The lowest BCUT2D eigenvalue weighted by Gasteiger charge is -2.11.